The average Bonchev–Trinajstić information content (AvgIpc) is 3.38. The predicted molar refractivity (Wildman–Crippen MR) is 156 cm³/mol. The number of hydrogen-bond acceptors (Lipinski definition) is 3. The van der Waals surface area contributed by atoms with Gasteiger partial charge in [-0.2, -0.15) is 0 Å². The molecule has 1 heterocycles. The van der Waals surface area contributed by atoms with Crippen LogP contribution in [0.2, 0.25) is 0 Å². The number of aromatic nitrogens is 2. The van der Waals surface area contributed by atoms with Crippen LogP contribution in [0.3, 0.4) is 0 Å². The van der Waals surface area contributed by atoms with E-state index in [4.69, 9.17) is 0 Å². The molecule has 2 aromatic rings. The Hall–Kier alpha value is -3.15. The summed E-state index contributed by atoms with van der Waals surface area (Å²) in [6.45, 7) is 3.12. The van der Waals surface area contributed by atoms with E-state index in [1.807, 2.05) is 36.5 Å². The largest absolute Gasteiger partial charge is 0.480 e. The van der Waals surface area contributed by atoms with Crippen molar-refractivity contribution in [2.75, 3.05) is 0 Å². The van der Waals surface area contributed by atoms with Crippen LogP contribution in [0, 0.1) is 5.41 Å². The second kappa shape index (κ2) is 16.1. The highest BCUT2D eigenvalue weighted by Crippen LogP contribution is 2.40. The smallest absolute Gasteiger partial charge is 0.325 e. The molecule has 0 bridgehead atoms. The van der Waals surface area contributed by atoms with Crippen LogP contribution >= 0.6 is 0 Å². The van der Waals surface area contributed by atoms with Crippen LogP contribution in [-0.2, 0) is 22.6 Å². The molecule has 2 N–H and O–H groups in total. The quantitative estimate of drug-likeness (QED) is 0.140. The number of imidazole rings is 1. The summed E-state index contributed by atoms with van der Waals surface area (Å²) in [5.41, 5.74) is 0.651. The van der Waals surface area contributed by atoms with Crippen molar-refractivity contribution in [3.63, 3.8) is 0 Å². The van der Waals surface area contributed by atoms with Crippen molar-refractivity contribution in [2.24, 2.45) is 5.41 Å². The summed E-state index contributed by atoms with van der Waals surface area (Å²) >= 11 is 0. The maximum Gasteiger partial charge on any atom is 0.325 e. The van der Waals surface area contributed by atoms with E-state index in [1.54, 1.807) is 12.3 Å². The highest BCUT2D eigenvalue weighted by atomic mass is 16.4. The normalized spacial score (nSPS) is 14.6. The molecule has 6 nitrogen and oxygen atoms in total. The molecule has 1 aromatic heterocycles. The molecule has 0 aliphatic heterocycles. The van der Waals surface area contributed by atoms with Gasteiger partial charge in [-0.05, 0) is 17.6 Å². The lowest BCUT2D eigenvalue weighted by atomic mass is 9.74. The van der Waals surface area contributed by atoms with Crippen molar-refractivity contribution in [2.45, 2.75) is 110 Å². The molecule has 1 aliphatic carbocycles. The highest BCUT2D eigenvalue weighted by molar-refractivity contribution is 6.02. The molecule has 0 radical (unpaired) electrons. The van der Waals surface area contributed by atoms with Gasteiger partial charge in [0.25, 0.3) is 0 Å². The summed E-state index contributed by atoms with van der Waals surface area (Å²) in [6.07, 6.45) is 24.1. The van der Waals surface area contributed by atoms with Gasteiger partial charge < -0.3 is 14.8 Å². The number of benzene rings is 1. The lowest BCUT2D eigenvalue weighted by molar-refractivity contribution is -0.160. The monoisotopic (exact) mass is 534 g/mol. The first-order valence-electron chi connectivity index (χ1n) is 14.9. The number of hydrogen-bond donors (Lipinski definition) is 2. The summed E-state index contributed by atoms with van der Waals surface area (Å²) in [6, 6.07) is 9.72. The molecule has 0 atom stereocenters. The minimum atomic E-state index is -1.96. The molecule has 212 valence electrons. The van der Waals surface area contributed by atoms with Crippen molar-refractivity contribution >= 4 is 17.5 Å². The van der Waals surface area contributed by atoms with Crippen LogP contribution in [0.25, 0.3) is 5.57 Å². The Balaban J connectivity index is 1.51. The summed E-state index contributed by atoms with van der Waals surface area (Å²) < 4.78 is 2.13. The van der Waals surface area contributed by atoms with Crippen LogP contribution in [-0.4, -0.2) is 31.7 Å². The Labute approximate surface area is 233 Å². The molecule has 0 fully saturated rings. The van der Waals surface area contributed by atoms with Crippen molar-refractivity contribution in [3.8, 4) is 0 Å². The first kappa shape index (κ1) is 30.4. The van der Waals surface area contributed by atoms with Gasteiger partial charge in [-0.1, -0.05) is 132 Å². The maximum atomic E-state index is 12.1. The SMILES string of the molecule is CCCCCCCCCCCCCCCn1ccnc1CC1=C(c2ccccc2)C=CC(C(=O)O)(C(=O)O)C1. The third-order valence-electron chi connectivity index (χ3n) is 7.93. The van der Waals surface area contributed by atoms with Gasteiger partial charge >= 0.3 is 11.9 Å². The Morgan fingerprint density at radius 2 is 1.41 bits per heavy atom. The van der Waals surface area contributed by atoms with E-state index in [0.717, 1.165) is 35.5 Å². The number of allylic oxidation sites excluding steroid dienone is 3. The minimum absolute atomic E-state index is 0.0794. The molecule has 0 saturated carbocycles. The van der Waals surface area contributed by atoms with E-state index in [0.29, 0.717) is 6.42 Å². The fourth-order valence-corrected chi connectivity index (χ4v) is 5.50. The van der Waals surface area contributed by atoms with Crippen LogP contribution in [0.4, 0.5) is 0 Å². The van der Waals surface area contributed by atoms with E-state index >= 15 is 0 Å². The Morgan fingerprint density at radius 3 is 1.97 bits per heavy atom. The number of carboxylic acid groups (broad SMARTS) is 2. The molecule has 3 rings (SSSR count). The molecule has 1 aromatic carbocycles. The Kier molecular flexibility index (Phi) is 12.5. The lowest BCUT2D eigenvalue weighted by Crippen LogP contribution is -2.39. The van der Waals surface area contributed by atoms with Gasteiger partial charge in [-0.25, -0.2) is 4.98 Å². The van der Waals surface area contributed by atoms with E-state index in [2.05, 4.69) is 16.5 Å². The van der Waals surface area contributed by atoms with Crippen LogP contribution in [0.15, 0.2) is 60.5 Å². The molecular formula is C33H46N2O4. The average molecular weight is 535 g/mol. The summed E-state index contributed by atoms with van der Waals surface area (Å²) in [7, 11) is 0. The van der Waals surface area contributed by atoms with Crippen molar-refractivity contribution in [1.82, 2.24) is 9.55 Å². The van der Waals surface area contributed by atoms with Gasteiger partial charge in [0.05, 0.1) is 0 Å². The Bertz CT molecular complexity index is 1090. The van der Waals surface area contributed by atoms with Crippen molar-refractivity contribution < 1.29 is 19.8 Å². The van der Waals surface area contributed by atoms with Gasteiger partial charge in [-0.15, -0.1) is 0 Å². The number of nitrogens with zero attached hydrogens (tertiary/aromatic N) is 2. The van der Waals surface area contributed by atoms with Gasteiger partial charge in [-0.3, -0.25) is 9.59 Å². The topological polar surface area (TPSA) is 92.4 Å². The molecule has 0 unspecified atom stereocenters. The molecule has 0 spiro atoms. The number of aryl methyl sites for hydroxylation is 1. The number of aliphatic carboxylic acids is 2. The highest BCUT2D eigenvalue weighted by Gasteiger charge is 2.47. The second-order valence-electron chi connectivity index (χ2n) is 10.9. The number of unbranched alkanes of at least 4 members (excludes halogenated alkanes) is 12. The summed E-state index contributed by atoms with van der Waals surface area (Å²) in [5, 5.41) is 19.7. The zero-order valence-corrected chi connectivity index (χ0v) is 23.6. The first-order valence-corrected chi connectivity index (χ1v) is 14.9. The van der Waals surface area contributed by atoms with E-state index < -0.39 is 17.4 Å². The van der Waals surface area contributed by atoms with E-state index in [-0.39, 0.29) is 6.42 Å². The van der Waals surface area contributed by atoms with Crippen molar-refractivity contribution in [1.29, 1.82) is 0 Å². The molecule has 1 aliphatic rings. The third-order valence-corrected chi connectivity index (χ3v) is 7.93. The van der Waals surface area contributed by atoms with Gasteiger partial charge in [0.2, 0.25) is 0 Å². The fourth-order valence-electron chi connectivity index (χ4n) is 5.50. The van der Waals surface area contributed by atoms with E-state index in [9.17, 15) is 19.8 Å². The van der Waals surface area contributed by atoms with Crippen LogP contribution in [0.5, 0.6) is 0 Å². The second-order valence-corrected chi connectivity index (χ2v) is 10.9. The number of carbonyl (C=O) groups is 2. The standard InChI is InChI=1S/C33H46N2O4/c1-2-3-4-5-6-7-8-9-10-11-12-13-17-23-35-24-22-34-30(35)25-28-26-33(31(36)37,32(38)39)21-20-29(28)27-18-15-14-16-19-27/h14-16,18-22,24H,2-13,17,23,25-26H2,1H3,(H,36,37)(H,38,39). The van der Waals surface area contributed by atoms with Crippen LogP contribution < -0.4 is 0 Å². The summed E-state index contributed by atoms with van der Waals surface area (Å²) in [5.74, 6) is -1.84. The molecule has 6 heteroatoms. The third kappa shape index (κ3) is 8.94. The summed E-state index contributed by atoms with van der Waals surface area (Å²) in [4.78, 5) is 28.7. The molecule has 0 saturated heterocycles. The molecule has 39 heavy (non-hydrogen) atoms. The van der Waals surface area contributed by atoms with Gasteiger partial charge in [0.1, 0.15) is 5.82 Å². The van der Waals surface area contributed by atoms with E-state index in [1.165, 1.54) is 83.1 Å². The maximum absolute atomic E-state index is 12.1. The predicted octanol–water partition coefficient (Wildman–Crippen LogP) is 8.09. The Morgan fingerprint density at radius 1 is 0.846 bits per heavy atom. The molecule has 0 amide bonds. The number of rotatable bonds is 19. The zero-order chi connectivity index (χ0) is 27.9. The lowest BCUT2D eigenvalue weighted by Gasteiger charge is -2.28. The minimum Gasteiger partial charge on any atom is -0.480 e. The van der Waals surface area contributed by atoms with Gasteiger partial charge in [0, 0.05) is 31.8 Å². The molecular weight excluding hydrogens is 488 g/mol. The van der Waals surface area contributed by atoms with Crippen LogP contribution in [0.1, 0.15) is 108 Å². The van der Waals surface area contributed by atoms with Gasteiger partial charge in [0.15, 0.2) is 5.41 Å². The number of carboxylic acids is 2. The first-order chi connectivity index (χ1) is 19.0. The fraction of sp³-hybridized carbons (Fsp3) is 0.545. The zero-order valence-electron chi connectivity index (χ0n) is 23.6. The van der Waals surface area contributed by atoms with Crippen molar-refractivity contribution in [3.05, 3.63) is 71.8 Å².